The normalized spacial score (nSPS) is 10.7. The van der Waals surface area contributed by atoms with Gasteiger partial charge in [0.25, 0.3) is 0 Å². The molecule has 0 aromatic heterocycles. The summed E-state index contributed by atoms with van der Waals surface area (Å²) in [6.45, 7) is 2.06. The summed E-state index contributed by atoms with van der Waals surface area (Å²) in [7, 11) is 0. The van der Waals surface area contributed by atoms with Gasteiger partial charge in [-0.15, -0.1) is 0 Å². The molecule has 1 amide bonds. The summed E-state index contributed by atoms with van der Waals surface area (Å²) in [5.41, 5.74) is 4.54. The maximum atomic E-state index is 9.60. The van der Waals surface area contributed by atoms with E-state index in [2.05, 4.69) is 15.6 Å². The Labute approximate surface area is 60.9 Å². The molecule has 0 heterocycles. The van der Waals surface area contributed by atoms with Crippen LogP contribution < -0.4 is 10.9 Å². The second-order valence-corrected chi connectivity index (χ2v) is 1.53. The first-order chi connectivity index (χ1) is 4.50. The minimum atomic E-state index is -2.36. The van der Waals surface area contributed by atoms with E-state index in [9.17, 15) is 4.79 Å². The summed E-state index contributed by atoms with van der Waals surface area (Å²) in [5.74, 6) is 0. The summed E-state index contributed by atoms with van der Waals surface area (Å²) in [5, 5.41) is 4.03. The highest BCUT2D eigenvalue weighted by Crippen LogP contribution is 1.66. The minimum Gasteiger partial charge on any atom is -0.760 e. The minimum absolute atomic E-state index is 0.356. The predicted molar refractivity (Wildman–Crippen MR) is 34.3 cm³/mol. The zero-order valence-corrected chi connectivity index (χ0v) is 6.22. The van der Waals surface area contributed by atoms with Crippen molar-refractivity contribution in [1.29, 1.82) is 0 Å². The van der Waals surface area contributed by atoms with Crippen LogP contribution in [0.25, 0.3) is 0 Å². The molecule has 0 saturated carbocycles. The lowest BCUT2D eigenvalue weighted by Gasteiger charge is -1.89. The Morgan fingerprint density at radius 3 is 2.10 bits per heavy atom. The molecule has 62 valence electrons. The Balaban J connectivity index is 0. The molecule has 0 saturated heterocycles. The molecule has 0 rings (SSSR count). The SMILES string of the molecule is CCOC(N)=O.NS(=O)[O-]. The van der Waals surface area contributed by atoms with E-state index in [0.717, 1.165) is 0 Å². The Hall–Kier alpha value is -0.660. The Kier molecular flexibility index (Phi) is 10.1. The van der Waals surface area contributed by atoms with Crippen molar-refractivity contribution in [2.45, 2.75) is 6.92 Å². The molecule has 0 aromatic carbocycles. The molecule has 1 atom stereocenters. The van der Waals surface area contributed by atoms with E-state index >= 15 is 0 Å². The summed E-state index contributed by atoms with van der Waals surface area (Å²) in [6.07, 6.45) is -0.711. The molecule has 6 nitrogen and oxygen atoms in total. The molecule has 0 fully saturated rings. The third kappa shape index (κ3) is 53.9. The molecule has 0 aliphatic heterocycles. The van der Waals surface area contributed by atoms with Crippen LogP contribution in [0.3, 0.4) is 0 Å². The number of nitrogens with two attached hydrogens (primary N) is 2. The number of primary amides is 1. The number of carbonyl (C=O) groups is 1. The molecule has 0 aromatic rings. The average molecular weight is 169 g/mol. The summed E-state index contributed by atoms with van der Waals surface area (Å²) >= 11 is -2.36. The van der Waals surface area contributed by atoms with E-state index in [1.807, 2.05) is 0 Å². The lowest BCUT2D eigenvalue weighted by atomic mass is 10.9. The predicted octanol–water partition coefficient (Wildman–Crippen LogP) is -1.16. The average Bonchev–Trinajstić information content (AvgIpc) is 1.62. The topological polar surface area (TPSA) is 118 Å². The molecule has 0 radical (unpaired) electrons. The van der Waals surface area contributed by atoms with Crippen LogP contribution in [0.1, 0.15) is 6.92 Å². The standard InChI is InChI=1S/C3H7NO2.H3NO2S/c1-2-6-3(4)5;1-4(2)3/h2H2,1H3,(H2,4,5);1H2,(H,2,3)/p-1. The third-order valence-corrected chi connectivity index (χ3v) is 0.287. The van der Waals surface area contributed by atoms with E-state index in [4.69, 9.17) is 8.76 Å². The van der Waals surface area contributed by atoms with E-state index < -0.39 is 17.4 Å². The van der Waals surface area contributed by atoms with Crippen LogP contribution in [0.4, 0.5) is 4.79 Å². The van der Waals surface area contributed by atoms with Crippen molar-refractivity contribution in [3.8, 4) is 0 Å². The lowest BCUT2D eigenvalue weighted by molar-refractivity contribution is 0.163. The molecular formula is C3H9N2O4S-. The molecule has 1 unspecified atom stereocenters. The van der Waals surface area contributed by atoms with Gasteiger partial charge in [-0.25, -0.2) is 4.79 Å². The largest absolute Gasteiger partial charge is 0.760 e. The molecule has 7 heteroatoms. The quantitative estimate of drug-likeness (QED) is 0.481. The first-order valence-corrected chi connectivity index (χ1v) is 3.40. The first-order valence-electron chi connectivity index (χ1n) is 2.26. The second-order valence-electron chi connectivity index (χ2n) is 1.01. The van der Waals surface area contributed by atoms with Gasteiger partial charge in [0.15, 0.2) is 0 Å². The van der Waals surface area contributed by atoms with Gasteiger partial charge in [0.1, 0.15) is 0 Å². The lowest BCUT2D eigenvalue weighted by Crippen LogP contribution is -2.11. The maximum absolute atomic E-state index is 9.60. The number of rotatable bonds is 1. The summed E-state index contributed by atoms with van der Waals surface area (Å²) in [4.78, 5) is 9.60. The number of carbonyl (C=O) groups excluding carboxylic acids is 1. The fraction of sp³-hybridized carbons (Fsp3) is 0.667. The molecule has 0 aliphatic rings. The van der Waals surface area contributed by atoms with Crippen molar-refractivity contribution in [3.05, 3.63) is 0 Å². The van der Waals surface area contributed by atoms with Crippen molar-refractivity contribution in [3.63, 3.8) is 0 Å². The number of amides is 1. The van der Waals surface area contributed by atoms with Crippen LogP contribution in [0, 0.1) is 0 Å². The summed E-state index contributed by atoms with van der Waals surface area (Å²) < 4.78 is 21.7. The highest BCUT2D eigenvalue weighted by molar-refractivity contribution is 7.76. The van der Waals surface area contributed by atoms with Gasteiger partial charge in [-0.1, -0.05) is 0 Å². The van der Waals surface area contributed by atoms with E-state index in [1.165, 1.54) is 0 Å². The molecule has 10 heavy (non-hydrogen) atoms. The molecular weight excluding hydrogens is 160 g/mol. The van der Waals surface area contributed by atoms with Gasteiger partial charge in [0, 0.05) is 11.3 Å². The highest BCUT2D eigenvalue weighted by atomic mass is 32.2. The van der Waals surface area contributed by atoms with Crippen LogP contribution in [-0.2, 0) is 16.0 Å². The molecule has 0 spiro atoms. The zero-order chi connectivity index (χ0) is 8.57. The molecule has 0 bridgehead atoms. The third-order valence-electron chi connectivity index (χ3n) is 0.287. The smallest absolute Gasteiger partial charge is 0.404 e. The van der Waals surface area contributed by atoms with Crippen molar-refractivity contribution < 1.29 is 18.3 Å². The van der Waals surface area contributed by atoms with Crippen LogP contribution in [0.15, 0.2) is 0 Å². The van der Waals surface area contributed by atoms with Crippen LogP contribution in [0.2, 0.25) is 0 Å². The zero-order valence-electron chi connectivity index (χ0n) is 5.40. The fourth-order valence-corrected chi connectivity index (χ4v) is 0.142. The van der Waals surface area contributed by atoms with Gasteiger partial charge in [-0.2, -0.15) is 0 Å². The Morgan fingerprint density at radius 2 is 2.10 bits per heavy atom. The summed E-state index contributed by atoms with van der Waals surface area (Å²) in [6, 6.07) is 0. The Bertz CT molecular complexity index is 113. The first kappa shape index (κ1) is 12.1. The van der Waals surface area contributed by atoms with Crippen LogP contribution in [-0.4, -0.2) is 21.5 Å². The van der Waals surface area contributed by atoms with Crippen molar-refractivity contribution in [2.75, 3.05) is 6.61 Å². The number of hydrogen-bond donors (Lipinski definition) is 2. The second kappa shape index (κ2) is 8.34. The van der Waals surface area contributed by atoms with Gasteiger partial charge >= 0.3 is 6.09 Å². The number of hydrogen-bond acceptors (Lipinski definition) is 4. The highest BCUT2D eigenvalue weighted by Gasteiger charge is 1.82. The van der Waals surface area contributed by atoms with Crippen LogP contribution >= 0.6 is 0 Å². The van der Waals surface area contributed by atoms with Gasteiger partial charge in [-0.3, -0.25) is 9.35 Å². The van der Waals surface area contributed by atoms with E-state index in [0.29, 0.717) is 6.61 Å². The van der Waals surface area contributed by atoms with E-state index in [1.54, 1.807) is 6.92 Å². The van der Waals surface area contributed by atoms with Gasteiger partial charge in [-0.05, 0) is 6.92 Å². The van der Waals surface area contributed by atoms with Crippen LogP contribution in [0.5, 0.6) is 0 Å². The Morgan fingerprint density at radius 1 is 1.80 bits per heavy atom. The van der Waals surface area contributed by atoms with Gasteiger partial charge in [0.05, 0.1) is 6.61 Å². The monoisotopic (exact) mass is 169 g/mol. The van der Waals surface area contributed by atoms with Crippen molar-refractivity contribution >= 4 is 17.4 Å². The fourth-order valence-electron chi connectivity index (χ4n) is 0.142. The maximum Gasteiger partial charge on any atom is 0.404 e. The number of ether oxygens (including phenoxy) is 1. The van der Waals surface area contributed by atoms with Crippen molar-refractivity contribution in [2.24, 2.45) is 10.9 Å². The van der Waals surface area contributed by atoms with Gasteiger partial charge in [0.2, 0.25) is 0 Å². The van der Waals surface area contributed by atoms with Crippen molar-refractivity contribution in [1.82, 2.24) is 0 Å². The molecule has 4 N–H and O–H groups in total. The van der Waals surface area contributed by atoms with E-state index in [-0.39, 0.29) is 0 Å². The molecule has 0 aliphatic carbocycles. The van der Waals surface area contributed by atoms with Gasteiger partial charge < -0.3 is 15.0 Å².